The van der Waals surface area contributed by atoms with Crippen LogP contribution in [0.5, 0.6) is 6.01 Å². The van der Waals surface area contributed by atoms with Crippen LogP contribution in [0.1, 0.15) is 26.3 Å². The summed E-state index contributed by atoms with van der Waals surface area (Å²) in [4.78, 5) is 28.2. The second-order valence-electron chi connectivity index (χ2n) is 12.1. The molecule has 2 atom stereocenters. The molecule has 5 rings (SSSR count). The number of benzene rings is 2. The van der Waals surface area contributed by atoms with E-state index in [1.807, 2.05) is 24.3 Å². The number of nitrogens with zero attached hydrogens (tertiary/aromatic N) is 4. The van der Waals surface area contributed by atoms with Crippen LogP contribution in [-0.2, 0) is 27.1 Å². The Kier molecular flexibility index (Phi) is 8.10. The maximum atomic E-state index is 15.2. The monoisotopic (exact) mass is 598 g/mol. The van der Waals surface area contributed by atoms with Gasteiger partial charge in [0.2, 0.25) is 0 Å². The molecule has 2 aromatic carbocycles. The first kappa shape index (κ1) is 29.7. The molecular formula is C29H35FN4O7Si. The predicted molar refractivity (Wildman–Crippen MR) is 156 cm³/mol. The molecule has 13 heteroatoms. The number of anilines is 1. The van der Waals surface area contributed by atoms with Crippen molar-refractivity contribution in [1.29, 1.82) is 0 Å². The van der Waals surface area contributed by atoms with Crippen molar-refractivity contribution in [3.63, 3.8) is 0 Å². The van der Waals surface area contributed by atoms with Gasteiger partial charge in [-0.25, -0.2) is 9.18 Å². The molecule has 42 heavy (non-hydrogen) atoms. The number of hydrogen-bond donors (Lipinski definition) is 0. The van der Waals surface area contributed by atoms with Crippen LogP contribution in [0.3, 0.4) is 0 Å². The summed E-state index contributed by atoms with van der Waals surface area (Å²) in [6.45, 7) is 12.3. The number of carbonyl (C=O) groups is 1. The van der Waals surface area contributed by atoms with Crippen LogP contribution in [0, 0.1) is 15.9 Å². The summed E-state index contributed by atoms with van der Waals surface area (Å²) >= 11 is 0. The van der Waals surface area contributed by atoms with Gasteiger partial charge in [0.1, 0.15) is 30.8 Å². The third kappa shape index (κ3) is 6.32. The molecule has 3 heterocycles. The highest BCUT2D eigenvalue weighted by molar-refractivity contribution is 6.74. The Morgan fingerprint density at radius 2 is 1.90 bits per heavy atom. The molecule has 224 valence electrons. The van der Waals surface area contributed by atoms with Gasteiger partial charge in [-0.3, -0.25) is 9.47 Å². The lowest BCUT2D eigenvalue weighted by Gasteiger charge is -2.36. The highest BCUT2D eigenvalue weighted by Gasteiger charge is 2.40. The van der Waals surface area contributed by atoms with Crippen LogP contribution in [0.15, 0.2) is 48.7 Å². The third-order valence-corrected chi connectivity index (χ3v) is 12.5. The summed E-state index contributed by atoms with van der Waals surface area (Å²) in [5.74, 6) is -0.715. The van der Waals surface area contributed by atoms with Crippen molar-refractivity contribution in [2.45, 2.75) is 64.3 Å². The first-order valence-electron chi connectivity index (χ1n) is 13.8. The number of carbonyl (C=O) groups excluding carboxylic acids is 1. The molecule has 0 unspecified atom stereocenters. The zero-order chi connectivity index (χ0) is 30.2. The zero-order valence-electron chi connectivity index (χ0n) is 24.3. The zero-order valence-corrected chi connectivity index (χ0v) is 25.3. The van der Waals surface area contributed by atoms with Gasteiger partial charge in [-0.05, 0) is 52.4 Å². The predicted octanol–water partition coefficient (Wildman–Crippen LogP) is 5.92. The Bertz CT molecular complexity index is 1470. The summed E-state index contributed by atoms with van der Waals surface area (Å²) in [6, 6.07) is 12.2. The van der Waals surface area contributed by atoms with Crippen LogP contribution < -0.4 is 9.64 Å². The van der Waals surface area contributed by atoms with Gasteiger partial charge in [0.15, 0.2) is 8.32 Å². The Balaban J connectivity index is 1.17. The molecule has 2 aliphatic rings. The fourth-order valence-electron chi connectivity index (χ4n) is 4.50. The lowest BCUT2D eigenvalue weighted by molar-refractivity contribution is -0.389. The summed E-state index contributed by atoms with van der Waals surface area (Å²) < 4.78 is 39.9. The van der Waals surface area contributed by atoms with Crippen molar-refractivity contribution < 1.29 is 32.7 Å². The smallest absolute Gasteiger partial charge is 0.414 e. The Hall–Kier alpha value is -3.81. The molecule has 1 fully saturated rings. The van der Waals surface area contributed by atoms with E-state index in [0.29, 0.717) is 43.1 Å². The number of amides is 1. The molecule has 1 saturated heterocycles. The van der Waals surface area contributed by atoms with Gasteiger partial charge in [0.25, 0.3) is 0 Å². The number of ether oxygens (including phenoxy) is 3. The van der Waals surface area contributed by atoms with Crippen molar-refractivity contribution in [3.8, 4) is 17.1 Å². The molecule has 0 spiro atoms. The summed E-state index contributed by atoms with van der Waals surface area (Å²) in [5.41, 5.74) is 2.40. The van der Waals surface area contributed by atoms with Crippen molar-refractivity contribution in [2.75, 3.05) is 24.7 Å². The Morgan fingerprint density at radius 1 is 1.17 bits per heavy atom. The fourth-order valence-corrected chi connectivity index (χ4v) is 5.53. The maximum Gasteiger partial charge on any atom is 0.414 e. The minimum atomic E-state index is -1.99. The standard InChI is InChI=1S/C29H35FN4O7Si/c1-29(2,3)42(4,5)40-18-23-14-33(28(35)41-23)21-10-11-24(25(30)12-21)20-8-6-19(7-9-20)16-38-22-13-32-15-26(34(36)37)31-27(32)39-17-22/h6-12,15,22-23H,13-14,16-18H2,1-5H3/t22-,23+/m0/s1. The maximum absolute atomic E-state index is 15.2. The molecule has 0 aliphatic carbocycles. The molecule has 3 aromatic rings. The van der Waals surface area contributed by atoms with Crippen LogP contribution in [-0.4, -0.2) is 60.9 Å². The van der Waals surface area contributed by atoms with Crippen molar-refractivity contribution in [2.24, 2.45) is 0 Å². The van der Waals surface area contributed by atoms with Crippen LogP contribution >= 0.6 is 0 Å². The van der Waals surface area contributed by atoms with E-state index in [1.165, 1.54) is 17.2 Å². The van der Waals surface area contributed by atoms with E-state index in [0.717, 1.165) is 5.56 Å². The van der Waals surface area contributed by atoms with E-state index in [4.69, 9.17) is 18.6 Å². The lowest BCUT2D eigenvalue weighted by atomic mass is 10.0. The Morgan fingerprint density at radius 3 is 2.57 bits per heavy atom. The van der Waals surface area contributed by atoms with Gasteiger partial charge in [0, 0.05) is 10.5 Å². The first-order chi connectivity index (χ1) is 19.8. The van der Waals surface area contributed by atoms with E-state index in [2.05, 4.69) is 38.8 Å². The molecule has 11 nitrogen and oxygen atoms in total. The number of fused-ring (bicyclic) bond motifs is 1. The van der Waals surface area contributed by atoms with Gasteiger partial charge >= 0.3 is 17.9 Å². The second kappa shape index (κ2) is 11.5. The number of hydrogen-bond acceptors (Lipinski definition) is 8. The first-order valence-corrected chi connectivity index (χ1v) is 16.7. The van der Waals surface area contributed by atoms with Crippen LogP contribution in [0.4, 0.5) is 20.7 Å². The fraction of sp³-hybridized carbons (Fsp3) is 0.448. The van der Waals surface area contributed by atoms with Crippen molar-refractivity contribution in [3.05, 3.63) is 70.2 Å². The molecule has 0 radical (unpaired) electrons. The summed E-state index contributed by atoms with van der Waals surface area (Å²) in [6.07, 6.45) is 0.104. The van der Waals surface area contributed by atoms with Gasteiger partial charge in [0.05, 0.1) is 32.0 Å². The lowest BCUT2D eigenvalue weighted by Crippen LogP contribution is -2.43. The Labute approximate surface area is 244 Å². The molecule has 1 amide bonds. The van der Waals surface area contributed by atoms with Crippen LogP contribution in [0.2, 0.25) is 18.1 Å². The average Bonchev–Trinajstić information content (AvgIpc) is 3.53. The van der Waals surface area contributed by atoms with E-state index >= 15 is 4.39 Å². The molecule has 1 aromatic heterocycles. The SMILES string of the molecule is CC(C)(C)[Si](C)(C)OC[C@H]1CN(c2ccc(-c3ccc(CO[C@@H]4COc5nc([N+](=O)[O-])cn5C4)cc3)c(F)c2)C(=O)O1. The summed E-state index contributed by atoms with van der Waals surface area (Å²) in [5, 5.41) is 11.0. The largest absolute Gasteiger partial charge is 0.443 e. The highest BCUT2D eigenvalue weighted by Crippen LogP contribution is 2.37. The molecule has 0 saturated carbocycles. The van der Waals surface area contributed by atoms with Gasteiger partial charge in [-0.2, -0.15) is 0 Å². The van der Waals surface area contributed by atoms with Crippen molar-refractivity contribution in [1.82, 2.24) is 9.55 Å². The topological polar surface area (TPSA) is 118 Å². The number of aromatic nitrogens is 2. The second-order valence-corrected chi connectivity index (χ2v) is 16.9. The van der Waals surface area contributed by atoms with E-state index in [-0.39, 0.29) is 29.6 Å². The highest BCUT2D eigenvalue weighted by atomic mass is 28.4. The molecule has 2 aliphatic heterocycles. The van der Waals surface area contributed by atoms with Crippen LogP contribution in [0.25, 0.3) is 11.1 Å². The average molecular weight is 599 g/mol. The van der Waals surface area contributed by atoms with E-state index in [9.17, 15) is 14.9 Å². The van der Waals surface area contributed by atoms with E-state index in [1.54, 1.807) is 16.7 Å². The number of nitro groups is 1. The third-order valence-electron chi connectivity index (χ3n) is 8.04. The van der Waals surface area contributed by atoms with Crippen molar-refractivity contribution >= 4 is 25.9 Å². The number of rotatable bonds is 9. The minimum Gasteiger partial charge on any atom is -0.443 e. The molecular weight excluding hydrogens is 563 g/mol. The normalized spacial score (nSPS) is 18.9. The number of cyclic esters (lactones) is 1. The van der Waals surface area contributed by atoms with E-state index < -0.39 is 31.3 Å². The minimum absolute atomic E-state index is 0.0441. The van der Waals surface area contributed by atoms with Gasteiger partial charge in [-0.15, -0.1) is 0 Å². The number of imidazole rings is 1. The summed E-state index contributed by atoms with van der Waals surface area (Å²) in [7, 11) is -1.99. The van der Waals surface area contributed by atoms with Gasteiger partial charge in [-0.1, -0.05) is 45.0 Å². The quantitative estimate of drug-likeness (QED) is 0.169. The molecule has 0 bridgehead atoms. The number of halogens is 1. The molecule has 0 N–H and O–H groups in total. The van der Waals surface area contributed by atoms with Gasteiger partial charge < -0.3 is 28.8 Å².